The van der Waals surface area contributed by atoms with Gasteiger partial charge in [-0.05, 0) is 137 Å². The molecule has 0 unspecified atom stereocenters. The van der Waals surface area contributed by atoms with Gasteiger partial charge in [-0.2, -0.15) is 0 Å². The van der Waals surface area contributed by atoms with Gasteiger partial charge in [0.1, 0.15) is 0 Å². The minimum atomic E-state index is -0.748. The van der Waals surface area contributed by atoms with Crippen LogP contribution in [0.5, 0.6) is 0 Å². The summed E-state index contributed by atoms with van der Waals surface area (Å²) in [4.78, 5) is 5.10. The molecule has 1 spiro atoms. The second-order valence-electron chi connectivity index (χ2n) is 21.8. The summed E-state index contributed by atoms with van der Waals surface area (Å²) in [7, 11) is 0. The summed E-state index contributed by atoms with van der Waals surface area (Å²) in [6.07, 6.45) is 0. The zero-order valence-electron chi connectivity index (χ0n) is 45.6. The Morgan fingerprint density at radius 1 is 0.193 bits per heavy atom. The highest BCUT2D eigenvalue weighted by atomic mass is 15.2. The number of rotatable bonds is 10. The summed E-state index contributed by atoms with van der Waals surface area (Å²) in [5.74, 6) is 0. The predicted molar refractivity (Wildman–Crippen MR) is 349 cm³/mol. The second-order valence-corrected chi connectivity index (χ2v) is 21.8. The molecule has 0 saturated heterocycles. The molecule has 0 bridgehead atoms. The quantitative estimate of drug-likeness (QED) is 0.135. The van der Waals surface area contributed by atoms with Gasteiger partial charge in [-0.25, -0.2) is 0 Å². The van der Waals surface area contributed by atoms with Crippen molar-refractivity contribution in [2.75, 3.05) is 9.80 Å². The van der Waals surface area contributed by atoms with E-state index < -0.39 is 5.41 Å². The first kappa shape index (κ1) is 48.1. The van der Waals surface area contributed by atoms with Crippen LogP contribution >= 0.6 is 0 Å². The van der Waals surface area contributed by atoms with E-state index in [9.17, 15) is 0 Å². The summed E-state index contributed by atoms with van der Waals surface area (Å²) in [5, 5.41) is 4.76. The van der Waals surface area contributed by atoms with Gasteiger partial charge in [0.2, 0.25) is 0 Å². The fourth-order valence-corrected chi connectivity index (χ4v) is 13.9. The molecule has 2 aliphatic carbocycles. The largest absolute Gasteiger partial charge is 0.309 e. The predicted octanol–water partition coefficient (Wildman–Crippen LogP) is 21.9. The summed E-state index contributed by atoms with van der Waals surface area (Å²) in [6.45, 7) is 0. The van der Waals surface area contributed by atoms with E-state index in [2.05, 4.69) is 337 Å². The van der Waals surface area contributed by atoms with Crippen LogP contribution in [0.2, 0.25) is 0 Å². The van der Waals surface area contributed by atoms with Crippen molar-refractivity contribution in [2.24, 2.45) is 0 Å². The minimum absolute atomic E-state index is 0.748. The Morgan fingerprint density at radius 3 is 0.892 bits per heavy atom. The van der Waals surface area contributed by atoms with Gasteiger partial charge in [0.05, 0.1) is 28.2 Å². The van der Waals surface area contributed by atoms with E-state index >= 15 is 0 Å². The molecule has 0 saturated carbocycles. The molecule has 0 atom stereocenters. The Labute approximate surface area is 484 Å². The lowest BCUT2D eigenvalue weighted by Gasteiger charge is -2.35. The van der Waals surface area contributed by atoms with Gasteiger partial charge in [-0.1, -0.05) is 279 Å². The first-order valence-electron chi connectivity index (χ1n) is 28.7. The molecule has 16 rings (SSSR count). The number of anilines is 6. The smallest absolute Gasteiger partial charge is 0.0727 e. The second kappa shape index (κ2) is 19.8. The average molecular weight is 1060 g/mol. The maximum atomic E-state index is 2.59. The molecule has 14 aromatic rings. The van der Waals surface area contributed by atoms with E-state index in [1.165, 1.54) is 77.2 Å². The Morgan fingerprint density at radius 2 is 0.506 bits per heavy atom. The van der Waals surface area contributed by atoms with Crippen molar-refractivity contribution in [1.82, 2.24) is 0 Å². The third kappa shape index (κ3) is 7.64. The molecule has 0 radical (unpaired) electrons. The number of fused-ring (bicyclic) bond motifs is 14. The first-order valence-corrected chi connectivity index (χ1v) is 28.7. The molecular formula is C81H54N2. The summed E-state index contributed by atoms with van der Waals surface area (Å²) < 4.78 is 0. The van der Waals surface area contributed by atoms with Crippen molar-refractivity contribution in [3.8, 4) is 66.8 Å². The van der Waals surface area contributed by atoms with Crippen LogP contribution < -0.4 is 9.80 Å². The van der Waals surface area contributed by atoms with Gasteiger partial charge in [-0.15, -0.1) is 0 Å². The van der Waals surface area contributed by atoms with E-state index in [1.54, 1.807) is 0 Å². The molecule has 83 heavy (non-hydrogen) atoms. The van der Waals surface area contributed by atoms with Crippen LogP contribution in [0.1, 0.15) is 22.3 Å². The average Bonchev–Trinajstić information content (AvgIpc) is 1.56. The topological polar surface area (TPSA) is 6.48 Å². The molecule has 388 valence electrons. The standard InChI is InChI=1S/C81H54N2/c1-7-27-55(28-8-1)59-47-49-63(57-31-11-3-12-32-57)75(51-59)82(61-35-15-5-16-36-61)77-53-73-79(69-43-21-19-41-67(69)77)80-70-44-22-20-42-68(70)78(54-74(80)81(73)71-45-25-23-39-65(71)66-40-24-26-46-72(66)81)83(62-37-17-6-18-38-62)76-52-60(56-29-9-2-10-30-56)48-50-64(76)58-33-13-4-14-34-58/h1-54H. The van der Waals surface area contributed by atoms with Gasteiger partial charge in [0.25, 0.3) is 0 Å². The van der Waals surface area contributed by atoms with Crippen LogP contribution in [0.15, 0.2) is 328 Å². The van der Waals surface area contributed by atoms with E-state index in [0.717, 1.165) is 67.5 Å². The van der Waals surface area contributed by atoms with Gasteiger partial charge in [-0.3, -0.25) is 0 Å². The Balaban J connectivity index is 1.05. The lowest BCUT2D eigenvalue weighted by Crippen LogP contribution is -2.27. The molecule has 0 amide bonds. The highest BCUT2D eigenvalue weighted by Crippen LogP contribution is 2.67. The summed E-state index contributed by atoms with van der Waals surface area (Å²) >= 11 is 0. The molecule has 0 aromatic heterocycles. The SMILES string of the molecule is c1ccc(-c2ccc(-c3ccccc3)c(N(c3ccccc3)c3cc4c(c5ccccc35)-c3c(cc(N(c5ccccc5)c5cc(-c6ccccc6)ccc5-c5ccccc5)c5ccccc35)C43c4ccccc4-c4ccccc43)c2)cc1. The normalized spacial score (nSPS) is 12.4. The Bertz CT molecular complexity index is 4460. The summed E-state index contributed by atoms with van der Waals surface area (Å²) in [5.41, 5.74) is 25.3. The number of hydrogen-bond acceptors (Lipinski definition) is 2. The minimum Gasteiger partial charge on any atom is -0.309 e. The fraction of sp³-hybridized carbons (Fsp3) is 0.0123. The lowest BCUT2D eigenvalue weighted by atomic mass is 9.70. The molecule has 2 heteroatoms. The van der Waals surface area contributed by atoms with Gasteiger partial charge >= 0.3 is 0 Å². The summed E-state index contributed by atoms with van der Waals surface area (Å²) in [6, 6.07) is 121. The highest BCUT2D eigenvalue weighted by molar-refractivity contribution is 6.20. The molecule has 2 nitrogen and oxygen atoms in total. The number of para-hydroxylation sites is 2. The van der Waals surface area contributed by atoms with Crippen molar-refractivity contribution < 1.29 is 0 Å². The number of benzene rings is 14. The van der Waals surface area contributed by atoms with Crippen molar-refractivity contribution >= 4 is 55.7 Å². The molecular weight excluding hydrogens is 1000 g/mol. The maximum Gasteiger partial charge on any atom is 0.0727 e. The van der Waals surface area contributed by atoms with Crippen molar-refractivity contribution in [3.63, 3.8) is 0 Å². The van der Waals surface area contributed by atoms with Crippen LogP contribution in [0.3, 0.4) is 0 Å². The maximum absolute atomic E-state index is 2.59. The Kier molecular flexibility index (Phi) is 11.5. The molecule has 0 N–H and O–H groups in total. The van der Waals surface area contributed by atoms with Gasteiger partial charge < -0.3 is 9.80 Å². The van der Waals surface area contributed by atoms with Crippen LogP contribution in [-0.2, 0) is 5.41 Å². The van der Waals surface area contributed by atoms with E-state index in [4.69, 9.17) is 0 Å². The Hall–Kier alpha value is -10.8. The van der Waals surface area contributed by atoms with Crippen molar-refractivity contribution in [3.05, 3.63) is 350 Å². The van der Waals surface area contributed by atoms with E-state index in [-0.39, 0.29) is 0 Å². The van der Waals surface area contributed by atoms with Crippen LogP contribution in [-0.4, -0.2) is 0 Å². The third-order valence-corrected chi connectivity index (χ3v) is 17.4. The van der Waals surface area contributed by atoms with Crippen LogP contribution in [0.25, 0.3) is 88.3 Å². The third-order valence-electron chi connectivity index (χ3n) is 17.4. The molecule has 0 heterocycles. The van der Waals surface area contributed by atoms with Gasteiger partial charge in [0, 0.05) is 33.3 Å². The number of hydrogen-bond donors (Lipinski definition) is 0. The van der Waals surface area contributed by atoms with Crippen LogP contribution in [0, 0.1) is 0 Å². The van der Waals surface area contributed by atoms with E-state index in [1.807, 2.05) is 0 Å². The lowest BCUT2D eigenvalue weighted by molar-refractivity contribution is 0.795. The van der Waals surface area contributed by atoms with Crippen molar-refractivity contribution in [1.29, 1.82) is 0 Å². The van der Waals surface area contributed by atoms with E-state index in [0.29, 0.717) is 0 Å². The molecule has 2 aliphatic rings. The monoisotopic (exact) mass is 1050 g/mol. The zero-order valence-corrected chi connectivity index (χ0v) is 45.6. The van der Waals surface area contributed by atoms with Crippen molar-refractivity contribution in [2.45, 2.75) is 5.41 Å². The molecule has 14 aromatic carbocycles. The van der Waals surface area contributed by atoms with Gasteiger partial charge in [0.15, 0.2) is 0 Å². The fourth-order valence-electron chi connectivity index (χ4n) is 13.9. The molecule has 0 aliphatic heterocycles. The highest BCUT2D eigenvalue weighted by Gasteiger charge is 2.53. The number of nitrogens with zero attached hydrogens (tertiary/aromatic N) is 2. The zero-order chi connectivity index (χ0) is 54.8. The first-order chi connectivity index (χ1) is 41.2. The van der Waals surface area contributed by atoms with Crippen LogP contribution in [0.4, 0.5) is 34.1 Å². The molecule has 0 fully saturated rings.